The molecule has 4 nitrogen and oxygen atoms in total. The predicted octanol–water partition coefficient (Wildman–Crippen LogP) is 4.32. The molecule has 0 bridgehead atoms. The lowest BCUT2D eigenvalue weighted by Gasteiger charge is -2.39. The molecule has 2 aromatic carbocycles. The maximum Gasteiger partial charge on any atom is 0.256 e. The molecule has 0 unspecified atom stereocenters. The van der Waals surface area contributed by atoms with Gasteiger partial charge in [-0.25, -0.2) is 4.39 Å². The molecule has 0 spiro atoms. The minimum atomic E-state index is -0.733. The van der Waals surface area contributed by atoms with E-state index in [2.05, 4.69) is 0 Å². The highest BCUT2D eigenvalue weighted by molar-refractivity contribution is 6.36. The molecule has 0 aromatic heterocycles. The van der Waals surface area contributed by atoms with E-state index in [0.29, 0.717) is 5.02 Å². The van der Waals surface area contributed by atoms with E-state index in [1.54, 1.807) is 25.1 Å². The van der Waals surface area contributed by atoms with Gasteiger partial charge in [0.25, 0.3) is 5.91 Å². The van der Waals surface area contributed by atoms with Crippen LogP contribution in [0.2, 0.25) is 10.0 Å². The van der Waals surface area contributed by atoms with E-state index >= 15 is 0 Å². The molecule has 26 heavy (non-hydrogen) atoms. The van der Waals surface area contributed by atoms with E-state index in [9.17, 15) is 14.0 Å². The normalized spacial score (nSPS) is 17.6. The van der Waals surface area contributed by atoms with Crippen molar-refractivity contribution in [2.75, 3.05) is 18.0 Å². The summed E-state index contributed by atoms with van der Waals surface area (Å²) in [6, 6.07) is 8.49. The fraction of sp³-hybridized carbons (Fsp3) is 0.263. The molecule has 1 heterocycles. The van der Waals surface area contributed by atoms with Crippen molar-refractivity contribution in [3.05, 3.63) is 63.4 Å². The number of rotatable bonds is 2. The molecule has 3 rings (SSSR count). The quantitative estimate of drug-likeness (QED) is 0.760. The van der Waals surface area contributed by atoms with Crippen LogP contribution in [0.1, 0.15) is 22.8 Å². The number of hydrogen-bond acceptors (Lipinski definition) is 2. The number of benzene rings is 2. The molecule has 1 aliphatic heterocycles. The summed E-state index contributed by atoms with van der Waals surface area (Å²) >= 11 is 12.0. The van der Waals surface area contributed by atoms with Crippen molar-refractivity contribution < 1.29 is 14.0 Å². The zero-order valence-electron chi connectivity index (χ0n) is 14.3. The van der Waals surface area contributed by atoms with E-state index in [-0.39, 0.29) is 41.2 Å². The fourth-order valence-electron chi connectivity index (χ4n) is 3.03. The molecule has 7 heteroatoms. The van der Waals surface area contributed by atoms with Crippen molar-refractivity contribution in [3.8, 4) is 0 Å². The minimum Gasteiger partial charge on any atom is -0.325 e. The monoisotopic (exact) mass is 394 g/mol. The lowest BCUT2D eigenvalue weighted by atomic mass is 10.1. The fourth-order valence-corrected chi connectivity index (χ4v) is 3.52. The second-order valence-corrected chi connectivity index (χ2v) is 7.09. The van der Waals surface area contributed by atoms with Gasteiger partial charge >= 0.3 is 0 Å². The van der Waals surface area contributed by atoms with Gasteiger partial charge in [-0.1, -0.05) is 29.3 Å². The van der Waals surface area contributed by atoms with Crippen LogP contribution >= 0.6 is 23.2 Å². The average molecular weight is 395 g/mol. The number of amides is 2. The predicted molar refractivity (Wildman–Crippen MR) is 100 cm³/mol. The van der Waals surface area contributed by atoms with Crippen molar-refractivity contribution in [3.63, 3.8) is 0 Å². The molecule has 1 aliphatic rings. The number of carbonyl (C=O) groups is 2. The standard InChI is InChI=1S/C19H17Cl2FN2O2/c1-11-3-6-16(22)17(9-11)24-8-7-23(12(2)18(24)25)19(26)14-5-4-13(20)10-15(14)21/h3-6,9-10,12H,7-8H2,1-2H3/t12-/m1/s1. The lowest BCUT2D eigenvalue weighted by molar-refractivity contribution is -0.124. The van der Waals surface area contributed by atoms with E-state index in [0.717, 1.165) is 5.56 Å². The Morgan fingerprint density at radius 3 is 2.58 bits per heavy atom. The Balaban J connectivity index is 1.86. The highest BCUT2D eigenvalue weighted by Crippen LogP contribution is 2.27. The summed E-state index contributed by atoms with van der Waals surface area (Å²) in [4.78, 5) is 28.4. The van der Waals surface area contributed by atoms with Crippen molar-refractivity contribution in [1.82, 2.24) is 4.90 Å². The van der Waals surface area contributed by atoms with E-state index < -0.39 is 11.9 Å². The van der Waals surface area contributed by atoms with Crippen LogP contribution < -0.4 is 4.90 Å². The maximum absolute atomic E-state index is 14.2. The summed E-state index contributed by atoms with van der Waals surface area (Å²) in [6.07, 6.45) is 0. The van der Waals surface area contributed by atoms with Gasteiger partial charge in [-0.15, -0.1) is 0 Å². The molecule has 0 N–H and O–H groups in total. The Bertz CT molecular complexity index is 888. The number of halogens is 3. The molecule has 2 amide bonds. The first-order chi connectivity index (χ1) is 12.3. The molecule has 0 radical (unpaired) electrons. The summed E-state index contributed by atoms with van der Waals surface area (Å²) in [5.74, 6) is -1.15. The Morgan fingerprint density at radius 1 is 1.15 bits per heavy atom. The van der Waals surface area contributed by atoms with Crippen LogP contribution in [-0.2, 0) is 4.79 Å². The third-order valence-electron chi connectivity index (χ3n) is 4.47. The van der Waals surface area contributed by atoms with Gasteiger partial charge in [-0.3, -0.25) is 9.59 Å². The van der Waals surface area contributed by atoms with Gasteiger partial charge in [0.05, 0.1) is 16.3 Å². The van der Waals surface area contributed by atoms with E-state index in [1.165, 1.54) is 28.0 Å². The van der Waals surface area contributed by atoms with Crippen LogP contribution in [-0.4, -0.2) is 35.8 Å². The lowest BCUT2D eigenvalue weighted by Crippen LogP contribution is -2.58. The molecule has 1 fully saturated rings. The Kier molecular flexibility index (Phi) is 5.21. The molecular weight excluding hydrogens is 378 g/mol. The van der Waals surface area contributed by atoms with Crippen LogP contribution in [0.4, 0.5) is 10.1 Å². The van der Waals surface area contributed by atoms with Gasteiger partial charge in [0, 0.05) is 18.1 Å². The number of piperazine rings is 1. The van der Waals surface area contributed by atoms with E-state index in [4.69, 9.17) is 23.2 Å². The molecule has 0 aliphatic carbocycles. The molecule has 2 aromatic rings. The van der Waals surface area contributed by atoms with Gasteiger partial charge in [-0.05, 0) is 49.7 Å². The number of carbonyl (C=O) groups excluding carboxylic acids is 2. The van der Waals surface area contributed by atoms with Gasteiger partial charge in [0.1, 0.15) is 11.9 Å². The largest absolute Gasteiger partial charge is 0.325 e. The smallest absolute Gasteiger partial charge is 0.256 e. The first-order valence-electron chi connectivity index (χ1n) is 8.13. The van der Waals surface area contributed by atoms with Crippen molar-refractivity contribution in [2.45, 2.75) is 19.9 Å². The number of anilines is 1. The number of aryl methyl sites for hydroxylation is 1. The Morgan fingerprint density at radius 2 is 1.88 bits per heavy atom. The van der Waals surface area contributed by atoms with Crippen LogP contribution in [0.5, 0.6) is 0 Å². The molecule has 0 saturated carbocycles. The summed E-state index contributed by atoms with van der Waals surface area (Å²) in [7, 11) is 0. The molecule has 1 saturated heterocycles. The van der Waals surface area contributed by atoms with Gasteiger partial charge in [0.2, 0.25) is 5.91 Å². The zero-order chi connectivity index (χ0) is 19.0. The minimum absolute atomic E-state index is 0.209. The highest BCUT2D eigenvalue weighted by atomic mass is 35.5. The number of nitrogens with zero attached hydrogens (tertiary/aromatic N) is 2. The van der Waals surface area contributed by atoms with Crippen LogP contribution in [0.15, 0.2) is 36.4 Å². The van der Waals surface area contributed by atoms with Gasteiger partial charge < -0.3 is 9.80 Å². The first kappa shape index (κ1) is 18.7. The van der Waals surface area contributed by atoms with Crippen LogP contribution in [0.25, 0.3) is 0 Å². The Hall–Kier alpha value is -2.11. The second-order valence-electron chi connectivity index (χ2n) is 6.24. The van der Waals surface area contributed by atoms with E-state index in [1.807, 2.05) is 6.92 Å². The average Bonchev–Trinajstić information content (AvgIpc) is 2.59. The second kappa shape index (κ2) is 7.25. The highest BCUT2D eigenvalue weighted by Gasteiger charge is 2.36. The molecular formula is C19H17Cl2FN2O2. The van der Waals surface area contributed by atoms with Crippen molar-refractivity contribution >= 4 is 40.7 Å². The summed E-state index contributed by atoms with van der Waals surface area (Å²) in [6.45, 7) is 3.95. The first-order valence-corrected chi connectivity index (χ1v) is 8.88. The van der Waals surface area contributed by atoms with Gasteiger partial charge in [0.15, 0.2) is 0 Å². The van der Waals surface area contributed by atoms with Crippen molar-refractivity contribution in [1.29, 1.82) is 0 Å². The molecule has 1 atom stereocenters. The third-order valence-corrected chi connectivity index (χ3v) is 5.02. The van der Waals surface area contributed by atoms with Crippen molar-refractivity contribution in [2.24, 2.45) is 0 Å². The SMILES string of the molecule is Cc1ccc(F)c(N2CCN(C(=O)c3ccc(Cl)cc3Cl)[C@H](C)C2=O)c1. The Labute approximate surface area is 161 Å². The molecule has 136 valence electrons. The third kappa shape index (κ3) is 3.41. The van der Waals surface area contributed by atoms with Crippen LogP contribution in [0, 0.1) is 12.7 Å². The summed E-state index contributed by atoms with van der Waals surface area (Å²) in [5, 5.41) is 0.657. The van der Waals surface area contributed by atoms with Crippen LogP contribution in [0.3, 0.4) is 0 Å². The summed E-state index contributed by atoms with van der Waals surface area (Å²) < 4.78 is 14.2. The zero-order valence-corrected chi connectivity index (χ0v) is 15.8. The maximum atomic E-state index is 14.2. The van der Waals surface area contributed by atoms with Gasteiger partial charge in [-0.2, -0.15) is 0 Å². The number of hydrogen-bond donors (Lipinski definition) is 0. The summed E-state index contributed by atoms with van der Waals surface area (Å²) in [5.41, 5.74) is 1.37. The topological polar surface area (TPSA) is 40.6 Å².